The Morgan fingerprint density at radius 2 is 1.95 bits per heavy atom. The maximum atomic E-state index is 12.0. The molecule has 3 N–H and O–H groups in total. The van der Waals surface area contributed by atoms with Gasteiger partial charge in [0.05, 0.1) is 5.69 Å². The minimum atomic E-state index is -3.83. The molecular formula is C13H18N2O3S2. The molecule has 110 valence electrons. The summed E-state index contributed by atoms with van der Waals surface area (Å²) in [7, 11) is -3.83. The van der Waals surface area contributed by atoms with Gasteiger partial charge in [-0.15, -0.1) is 0 Å². The van der Waals surface area contributed by atoms with Crippen LogP contribution in [-0.2, 0) is 14.8 Å². The van der Waals surface area contributed by atoms with E-state index >= 15 is 0 Å². The molecule has 0 saturated carbocycles. The molecule has 1 aromatic rings. The van der Waals surface area contributed by atoms with Gasteiger partial charge >= 0.3 is 0 Å². The predicted molar refractivity (Wildman–Crippen MR) is 81.1 cm³/mol. The molecular weight excluding hydrogens is 296 g/mol. The first kappa shape index (κ1) is 15.3. The minimum absolute atomic E-state index is 0.0486. The van der Waals surface area contributed by atoms with E-state index in [0.717, 1.165) is 24.3 Å². The van der Waals surface area contributed by atoms with Gasteiger partial charge in [-0.25, -0.2) is 13.6 Å². The number of anilines is 1. The van der Waals surface area contributed by atoms with Crippen molar-refractivity contribution in [3.63, 3.8) is 0 Å². The molecule has 1 aliphatic rings. The fraction of sp³-hybridized carbons (Fsp3) is 0.462. The Morgan fingerprint density at radius 3 is 2.60 bits per heavy atom. The molecule has 0 radical (unpaired) electrons. The summed E-state index contributed by atoms with van der Waals surface area (Å²) in [6, 6.07) is 6.19. The van der Waals surface area contributed by atoms with Crippen LogP contribution in [-0.4, -0.2) is 25.8 Å². The van der Waals surface area contributed by atoms with Gasteiger partial charge < -0.3 is 5.32 Å². The molecule has 0 bridgehead atoms. The minimum Gasteiger partial charge on any atom is -0.325 e. The van der Waals surface area contributed by atoms with Crippen LogP contribution < -0.4 is 10.5 Å². The topological polar surface area (TPSA) is 89.3 Å². The highest BCUT2D eigenvalue weighted by atomic mass is 32.2. The van der Waals surface area contributed by atoms with Crippen LogP contribution in [0.1, 0.15) is 19.3 Å². The number of carbonyl (C=O) groups excluding carboxylic acids is 1. The first-order valence-corrected chi connectivity index (χ1v) is 9.16. The number of thioether (sulfide) groups is 1. The Balaban J connectivity index is 2.04. The maximum absolute atomic E-state index is 12.0. The van der Waals surface area contributed by atoms with Crippen molar-refractivity contribution in [1.29, 1.82) is 0 Å². The zero-order chi connectivity index (χ0) is 14.6. The number of nitrogens with two attached hydrogens (primary N) is 1. The van der Waals surface area contributed by atoms with Crippen LogP contribution in [0.25, 0.3) is 0 Å². The van der Waals surface area contributed by atoms with Crippen LogP contribution in [0, 0.1) is 5.92 Å². The quantitative estimate of drug-likeness (QED) is 0.887. The second-order valence-corrected chi connectivity index (χ2v) is 7.60. The Kier molecular flexibility index (Phi) is 5.06. The number of nitrogens with one attached hydrogen (secondary N) is 1. The first-order valence-electron chi connectivity index (χ1n) is 6.46. The van der Waals surface area contributed by atoms with Gasteiger partial charge in [-0.05, 0) is 42.4 Å². The van der Waals surface area contributed by atoms with Crippen molar-refractivity contribution in [3.05, 3.63) is 24.3 Å². The van der Waals surface area contributed by atoms with Gasteiger partial charge in [-0.2, -0.15) is 11.8 Å². The molecule has 0 atom stereocenters. The summed E-state index contributed by atoms with van der Waals surface area (Å²) in [5.41, 5.74) is 0.255. The van der Waals surface area contributed by atoms with Crippen molar-refractivity contribution in [2.24, 2.45) is 11.1 Å². The van der Waals surface area contributed by atoms with E-state index in [1.165, 1.54) is 6.07 Å². The van der Waals surface area contributed by atoms with E-state index < -0.39 is 10.0 Å². The van der Waals surface area contributed by atoms with Crippen molar-refractivity contribution in [2.75, 3.05) is 16.8 Å². The molecule has 1 amide bonds. The zero-order valence-electron chi connectivity index (χ0n) is 11.0. The fourth-order valence-electron chi connectivity index (χ4n) is 2.23. The summed E-state index contributed by atoms with van der Waals surface area (Å²) in [6.45, 7) is 0. The first-order chi connectivity index (χ1) is 9.47. The van der Waals surface area contributed by atoms with E-state index in [0.29, 0.717) is 12.3 Å². The average Bonchev–Trinajstić information content (AvgIpc) is 2.39. The Hall–Kier alpha value is -1.05. The lowest BCUT2D eigenvalue weighted by Gasteiger charge is -2.20. The number of para-hydroxylation sites is 1. The SMILES string of the molecule is NS(=O)(=O)c1ccccc1NC(=O)CC1CCSCC1. The molecule has 0 unspecified atom stereocenters. The zero-order valence-corrected chi connectivity index (χ0v) is 12.7. The van der Waals surface area contributed by atoms with Crippen molar-refractivity contribution >= 4 is 33.4 Å². The van der Waals surface area contributed by atoms with Crippen molar-refractivity contribution in [2.45, 2.75) is 24.2 Å². The third kappa shape index (κ3) is 4.22. The van der Waals surface area contributed by atoms with E-state index in [1.54, 1.807) is 18.2 Å². The van der Waals surface area contributed by atoms with Gasteiger partial charge in [-0.1, -0.05) is 12.1 Å². The third-order valence-corrected chi connectivity index (χ3v) is 5.30. The second kappa shape index (κ2) is 6.60. The monoisotopic (exact) mass is 314 g/mol. The van der Waals surface area contributed by atoms with Gasteiger partial charge in [-0.3, -0.25) is 4.79 Å². The highest BCUT2D eigenvalue weighted by molar-refractivity contribution is 7.99. The van der Waals surface area contributed by atoms with E-state index in [4.69, 9.17) is 5.14 Å². The van der Waals surface area contributed by atoms with Gasteiger partial charge in [0.25, 0.3) is 0 Å². The Bertz CT molecular complexity index is 581. The molecule has 0 spiro atoms. The van der Waals surface area contributed by atoms with Crippen LogP contribution in [0.4, 0.5) is 5.69 Å². The predicted octanol–water partition coefficient (Wildman–Crippen LogP) is 1.81. The molecule has 2 rings (SSSR count). The number of benzene rings is 1. The standard InChI is InChI=1S/C13H18N2O3S2/c14-20(17,18)12-4-2-1-3-11(12)15-13(16)9-10-5-7-19-8-6-10/h1-4,10H,5-9H2,(H,15,16)(H2,14,17,18). The number of hydrogen-bond acceptors (Lipinski definition) is 4. The lowest BCUT2D eigenvalue weighted by Crippen LogP contribution is -2.21. The summed E-state index contributed by atoms with van der Waals surface area (Å²) >= 11 is 1.91. The van der Waals surface area contributed by atoms with Crippen LogP contribution in [0.3, 0.4) is 0 Å². The fourth-order valence-corrected chi connectivity index (χ4v) is 4.13. The average molecular weight is 314 g/mol. The Labute approximate surface area is 123 Å². The molecule has 1 heterocycles. The molecule has 1 fully saturated rings. The second-order valence-electron chi connectivity index (χ2n) is 4.85. The van der Waals surface area contributed by atoms with Crippen molar-refractivity contribution in [1.82, 2.24) is 0 Å². The molecule has 0 aliphatic carbocycles. The Morgan fingerprint density at radius 1 is 1.30 bits per heavy atom. The van der Waals surface area contributed by atoms with Crippen LogP contribution in [0.15, 0.2) is 29.2 Å². The number of amides is 1. The summed E-state index contributed by atoms with van der Waals surface area (Å²) in [6.07, 6.45) is 2.50. The number of sulfonamides is 1. The number of primary sulfonamides is 1. The summed E-state index contributed by atoms with van der Waals surface area (Å²) < 4.78 is 22.9. The lowest BCUT2D eigenvalue weighted by molar-refractivity contribution is -0.117. The molecule has 5 nitrogen and oxygen atoms in total. The molecule has 0 aromatic heterocycles. The van der Waals surface area contributed by atoms with Gasteiger partial charge in [0, 0.05) is 6.42 Å². The molecule has 1 saturated heterocycles. The number of rotatable bonds is 4. The van der Waals surface area contributed by atoms with E-state index in [2.05, 4.69) is 5.32 Å². The smallest absolute Gasteiger partial charge is 0.240 e. The maximum Gasteiger partial charge on any atom is 0.240 e. The summed E-state index contributed by atoms with van der Waals surface area (Å²) in [5, 5.41) is 7.80. The molecule has 1 aliphatic heterocycles. The van der Waals surface area contributed by atoms with Crippen molar-refractivity contribution < 1.29 is 13.2 Å². The normalized spacial score (nSPS) is 16.9. The largest absolute Gasteiger partial charge is 0.325 e. The number of hydrogen-bond donors (Lipinski definition) is 2. The molecule has 7 heteroatoms. The highest BCUT2D eigenvalue weighted by Gasteiger charge is 2.19. The highest BCUT2D eigenvalue weighted by Crippen LogP contribution is 2.26. The van der Waals surface area contributed by atoms with Gasteiger partial charge in [0.1, 0.15) is 4.90 Å². The third-order valence-electron chi connectivity index (χ3n) is 3.28. The van der Waals surface area contributed by atoms with Crippen LogP contribution in [0.2, 0.25) is 0 Å². The summed E-state index contributed by atoms with van der Waals surface area (Å²) in [5.74, 6) is 2.41. The summed E-state index contributed by atoms with van der Waals surface area (Å²) in [4.78, 5) is 12.0. The van der Waals surface area contributed by atoms with Crippen molar-refractivity contribution in [3.8, 4) is 0 Å². The van der Waals surface area contributed by atoms with Crippen LogP contribution in [0.5, 0.6) is 0 Å². The van der Waals surface area contributed by atoms with E-state index in [-0.39, 0.29) is 16.5 Å². The van der Waals surface area contributed by atoms with Gasteiger partial charge in [0.2, 0.25) is 15.9 Å². The van der Waals surface area contributed by atoms with Crippen LogP contribution >= 0.6 is 11.8 Å². The van der Waals surface area contributed by atoms with E-state index in [1.807, 2.05) is 11.8 Å². The molecule has 20 heavy (non-hydrogen) atoms. The number of carbonyl (C=O) groups is 1. The van der Waals surface area contributed by atoms with Gasteiger partial charge in [0.15, 0.2) is 0 Å². The van der Waals surface area contributed by atoms with E-state index in [9.17, 15) is 13.2 Å². The lowest BCUT2D eigenvalue weighted by atomic mass is 9.98. The molecule has 1 aromatic carbocycles.